The Bertz CT molecular complexity index is 1240. The molecule has 0 heterocycles. The van der Waals surface area contributed by atoms with Crippen molar-refractivity contribution < 1.29 is 0 Å². The Hall–Kier alpha value is -2.60. The molecule has 1 unspecified atom stereocenters. The van der Waals surface area contributed by atoms with Crippen molar-refractivity contribution in [3.63, 3.8) is 0 Å². The van der Waals surface area contributed by atoms with Crippen molar-refractivity contribution in [3.05, 3.63) is 104 Å². The average molecular weight is 351 g/mol. The molecule has 0 spiro atoms. The molecule has 0 amide bonds. The van der Waals surface area contributed by atoms with Gasteiger partial charge in [0.25, 0.3) is 0 Å². The van der Waals surface area contributed by atoms with Gasteiger partial charge in [-0.25, -0.2) is 0 Å². The molecule has 0 nitrogen and oxygen atoms in total. The molecule has 0 aromatic heterocycles. The third kappa shape index (κ3) is 2.67. The van der Waals surface area contributed by atoms with Crippen molar-refractivity contribution in [2.45, 2.75) is 39.5 Å². The van der Waals surface area contributed by atoms with Crippen molar-refractivity contribution in [1.82, 2.24) is 0 Å². The van der Waals surface area contributed by atoms with Crippen molar-refractivity contribution >= 4 is 11.6 Å². The summed E-state index contributed by atoms with van der Waals surface area (Å²) in [6.07, 6.45) is 7.15. The summed E-state index contributed by atoms with van der Waals surface area (Å²) in [5.74, 6) is 0.746. The molecule has 3 aromatic carbocycles. The van der Waals surface area contributed by atoms with E-state index in [0.717, 1.165) is 12.3 Å². The van der Waals surface area contributed by atoms with Gasteiger partial charge in [0.2, 0.25) is 0 Å². The van der Waals surface area contributed by atoms with Crippen LogP contribution in [-0.2, 0) is 12.8 Å². The molecule has 0 saturated carbocycles. The van der Waals surface area contributed by atoms with Gasteiger partial charge in [0.1, 0.15) is 0 Å². The van der Waals surface area contributed by atoms with Gasteiger partial charge in [0.05, 0.1) is 0 Å². The van der Waals surface area contributed by atoms with Gasteiger partial charge in [-0.15, -0.1) is 0 Å². The smallest absolute Gasteiger partial charge is 0.00791 e. The molecule has 0 bridgehead atoms. The van der Waals surface area contributed by atoms with E-state index in [4.69, 9.17) is 0 Å². The molecule has 0 fully saturated rings. The summed E-state index contributed by atoms with van der Waals surface area (Å²) < 4.78 is 0. The van der Waals surface area contributed by atoms with Gasteiger partial charge in [-0.3, -0.25) is 0 Å². The van der Waals surface area contributed by atoms with E-state index in [2.05, 4.69) is 80.6 Å². The van der Waals surface area contributed by atoms with E-state index in [0.29, 0.717) is 0 Å². The maximum absolute atomic E-state index is 2.42. The minimum Gasteiger partial charge on any atom is -0.0722 e. The molecule has 0 N–H and O–H groups in total. The summed E-state index contributed by atoms with van der Waals surface area (Å²) in [5.41, 5.74) is 7.56. The number of hydrogen-bond donors (Lipinski definition) is 0. The molecule has 27 heavy (non-hydrogen) atoms. The maximum atomic E-state index is 2.42. The van der Waals surface area contributed by atoms with E-state index in [-0.39, 0.29) is 0 Å². The highest BCUT2D eigenvalue weighted by molar-refractivity contribution is 5.70. The van der Waals surface area contributed by atoms with Gasteiger partial charge in [-0.1, -0.05) is 80.1 Å². The third-order valence-electron chi connectivity index (χ3n) is 6.57. The molecular formula is C27H26. The highest BCUT2D eigenvalue weighted by Crippen LogP contribution is 2.32. The first-order valence-corrected chi connectivity index (χ1v) is 10.3. The molecule has 2 aliphatic rings. The molecule has 2 aliphatic carbocycles. The number of benzene rings is 3. The van der Waals surface area contributed by atoms with E-state index in [1.54, 1.807) is 16.7 Å². The summed E-state index contributed by atoms with van der Waals surface area (Å²) in [7, 11) is 0. The first-order chi connectivity index (χ1) is 13.3. The van der Waals surface area contributed by atoms with Crippen LogP contribution < -0.4 is 10.4 Å². The Kier molecular flexibility index (Phi) is 4.01. The summed E-state index contributed by atoms with van der Waals surface area (Å²) in [6, 6.07) is 22.5. The zero-order chi connectivity index (χ0) is 18.4. The first kappa shape index (κ1) is 16.6. The lowest BCUT2D eigenvalue weighted by Crippen LogP contribution is -2.27. The molecule has 5 rings (SSSR count). The largest absolute Gasteiger partial charge is 0.0722 e. The molecular weight excluding hydrogens is 324 g/mol. The zero-order valence-electron chi connectivity index (χ0n) is 16.3. The van der Waals surface area contributed by atoms with Gasteiger partial charge in [0, 0.05) is 0 Å². The van der Waals surface area contributed by atoms with E-state index in [9.17, 15) is 0 Å². The van der Waals surface area contributed by atoms with Crippen LogP contribution in [0.15, 0.2) is 60.7 Å². The Labute approximate surface area is 161 Å². The van der Waals surface area contributed by atoms with Crippen molar-refractivity contribution in [2.75, 3.05) is 0 Å². The van der Waals surface area contributed by atoms with E-state index >= 15 is 0 Å². The van der Waals surface area contributed by atoms with Crippen LogP contribution in [0.1, 0.15) is 42.0 Å². The van der Waals surface area contributed by atoms with Crippen molar-refractivity contribution in [2.24, 2.45) is 5.92 Å². The van der Waals surface area contributed by atoms with E-state index in [1.807, 2.05) is 0 Å². The molecule has 1 atom stereocenters. The predicted molar refractivity (Wildman–Crippen MR) is 114 cm³/mol. The zero-order valence-corrected chi connectivity index (χ0v) is 16.3. The summed E-state index contributed by atoms with van der Waals surface area (Å²) in [4.78, 5) is 0. The fraction of sp³-hybridized carbons (Fsp3) is 0.259. The quantitative estimate of drug-likeness (QED) is 0.623. The minimum absolute atomic E-state index is 0.746. The molecule has 0 heteroatoms. The van der Waals surface area contributed by atoms with Crippen molar-refractivity contribution in [1.29, 1.82) is 0 Å². The summed E-state index contributed by atoms with van der Waals surface area (Å²) >= 11 is 0. The van der Waals surface area contributed by atoms with Gasteiger partial charge < -0.3 is 0 Å². The number of hydrogen-bond acceptors (Lipinski definition) is 0. The minimum atomic E-state index is 0.746. The lowest BCUT2D eigenvalue weighted by molar-refractivity contribution is 0.506. The third-order valence-corrected chi connectivity index (χ3v) is 6.57. The molecule has 134 valence electrons. The molecule has 3 aromatic rings. The maximum Gasteiger partial charge on any atom is -0.00791 e. The van der Waals surface area contributed by atoms with Crippen LogP contribution in [0.2, 0.25) is 0 Å². The summed E-state index contributed by atoms with van der Waals surface area (Å²) in [5, 5.41) is 5.74. The second-order valence-electron chi connectivity index (χ2n) is 8.09. The van der Waals surface area contributed by atoms with Crippen LogP contribution in [0.3, 0.4) is 0 Å². The Morgan fingerprint density at radius 1 is 0.778 bits per heavy atom. The number of aryl methyl sites for hydroxylation is 1. The fourth-order valence-electron chi connectivity index (χ4n) is 5.04. The number of fused-ring (bicyclic) bond motifs is 4. The Balaban J connectivity index is 1.89. The van der Waals surface area contributed by atoms with Crippen LogP contribution in [0.4, 0.5) is 0 Å². The van der Waals surface area contributed by atoms with Gasteiger partial charge in [-0.05, 0) is 80.8 Å². The Morgan fingerprint density at radius 3 is 2.41 bits per heavy atom. The second kappa shape index (κ2) is 6.53. The van der Waals surface area contributed by atoms with Crippen LogP contribution >= 0.6 is 0 Å². The summed E-state index contributed by atoms with van der Waals surface area (Å²) in [6.45, 7) is 4.60. The highest BCUT2D eigenvalue weighted by Gasteiger charge is 2.23. The lowest BCUT2D eigenvalue weighted by atomic mass is 9.77. The standard InChI is InChI=1S/C27H26/c1-3-19-16-26(21-10-6-4-8-18(21)2)25-15-14-23-22-11-7-5-9-20(22)12-13-24(23)27(25)17-19/h4-12,14-15,19H,3,13,16-17H2,1-2H3. The van der Waals surface area contributed by atoms with Crippen LogP contribution in [-0.4, -0.2) is 0 Å². The second-order valence-corrected chi connectivity index (χ2v) is 8.09. The highest BCUT2D eigenvalue weighted by atomic mass is 14.3. The number of rotatable bonds is 2. The Morgan fingerprint density at radius 2 is 1.56 bits per heavy atom. The monoisotopic (exact) mass is 350 g/mol. The fourth-order valence-corrected chi connectivity index (χ4v) is 5.04. The van der Waals surface area contributed by atoms with Gasteiger partial charge in [-0.2, -0.15) is 0 Å². The topological polar surface area (TPSA) is 0 Å². The van der Waals surface area contributed by atoms with Gasteiger partial charge >= 0.3 is 0 Å². The predicted octanol–water partition coefficient (Wildman–Crippen LogP) is 4.79. The molecule has 0 radical (unpaired) electrons. The molecule has 0 aliphatic heterocycles. The first-order valence-electron chi connectivity index (χ1n) is 10.3. The van der Waals surface area contributed by atoms with E-state index in [1.165, 1.54) is 51.3 Å². The van der Waals surface area contributed by atoms with Crippen LogP contribution in [0.25, 0.3) is 11.6 Å². The SMILES string of the molecule is CCC1CC(c2ccccc2C)=c2ccc3c(c2C1)CC=c1ccccc1=3. The molecule has 0 saturated heterocycles. The van der Waals surface area contributed by atoms with Crippen molar-refractivity contribution in [3.8, 4) is 0 Å². The van der Waals surface area contributed by atoms with Crippen LogP contribution in [0.5, 0.6) is 0 Å². The average Bonchev–Trinajstić information content (AvgIpc) is 2.72. The lowest BCUT2D eigenvalue weighted by Gasteiger charge is -2.27. The van der Waals surface area contributed by atoms with Gasteiger partial charge in [0.15, 0.2) is 0 Å². The normalized spacial score (nSPS) is 17.6. The van der Waals surface area contributed by atoms with Crippen LogP contribution in [0, 0.1) is 23.3 Å². The van der Waals surface area contributed by atoms with E-state index < -0.39 is 0 Å².